The van der Waals surface area contributed by atoms with E-state index in [1.807, 2.05) is 23.1 Å². The maximum atomic E-state index is 4.19. The summed E-state index contributed by atoms with van der Waals surface area (Å²) in [6, 6.07) is 6.28. The zero-order valence-electron chi connectivity index (χ0n) is 11.0. The van der Waals surface area contributed by atoms with Crippen molar-refractivity contribution in [3.05, 3.63) is 42.5 Å². The highest BCUT2D eigenvalue weighted by Crippen LogP contribution is 2.03. The van der Waals surface area contributed by atoms with Crippen LogP contribution in [0.4, 0.5) is 0 Å². The van der Waals surface area contributed by atoms with Gasteiger partial charge in [-0.15, -0.1) is 0 Å². The fraction of sp³-hybridized carbons (Fsp3) is 0.500. The van der Waals surface area contributed by atoms with E-state index in [2.05, 4.69) is 40.2 Å². The number of rotatable bonds is 8. The lowest BCUT2D eigenvalue weighted by atomic mass is 10.3. The fourth-order valence-electron chi connectivity index (χ4n) is 2.08. The maximum absolute atomic E-state index is 4.19. The van der Waals surface area contributed by atoms with Gasteiger partial charge in [0.1, 0.15) is 0 Å². The molecule has 4 heteroatoms. The van der Waals surface area contributed by atoms with Gasteiger partial charge >= 0.3 is 0 Å². The molecule has 0 saturated carbocycles. The third-order valence-corrected chi connectivity index (χ3v) is 2.99. The summed E-state index contributed by atoms with van der Waals surface area (Å²) in [5, 5.41) is 7.67. The molecule has 1 N–H and O–H groups in total. The molecular formula is C14H22N4. The first-order valence-corrected chi connectivity index (χ1v) is 6.72. The van der Waals surface area contributed by atoms with Gasteiger partial charge in [0.25, 0.3) is 0 Å². The molecule has 2 aromatic heterocycles. The summed E-state index contributed by atoms with van der Waals surface area (Å²) in [6.07, 6.45) is 8.28. The standard InChI is InChI=1S/C14H22N4/c1-2-9-17-10-3-6-14(17)13-15-7-4-11-18-12-5-8-16-18/h3,5-6,8,10,12,15H,2,4,7,9,11,13H2,1H3. The lowest BCUT2D eigenvalue weighted by molar-refractivity contribution is 0.532. The molecule has 18 heavy (non-hydrogen) atoms. The molecule has 0 atom stereocenters. The molecule has 0 aliphatic carbocycles. The summed E-state index contributed by atoms with van der Waals surface area (Å²) >= 11 is 0. The Morgan fingerprint density at radius 3 is 2.94 bits per heavy atom. The van der Waals surface area contributed by atoms with Crippen LogP contribution < -0.4 is 5.32 Å². The van der Waals surface area contributed by atoms with Crippen molar-refractivity contribution in [2.24, 2.45) is 0 Å². The van der Waals surface area contributed by atoms with E-state index in [0.29, 0.717) is 0 Å². The van der Waals surface area contributed by atoms with Gasteiger partial charge in [0.05, 0.1) is 0 Å². The predicted molar refractivity (Wildman–Crippen MR) is 73.3 cm³/mol. The van der Waals surface area contributed by atoms with Crippen molar-refractivity contribution in [3.63, 3.8) is 0 Å². The Kier molecular flexibility index (Phi) is 5.02. The van der Waals surface area contributed by atoms with Gasteiger partial charge in [-0.2, -0.15) is 5.10 Å². The summed E-state index contributed by atoms with van der Waals surface area (Å²) in [5.41, 5.74) is 1.37. The average molecular weight is 246 g/mol. The zero-order chi connectivity index (χ0) is 12.6. The molecule has 0 unspecified atom stereocenters. The van der Waals surface area contributed by atoms with E-state index in [4.69, 9.17) is 0 Å². The van der Waals surface area contributed by atoms with Crippen molar-refractivity contribution in [1.29, 1.82) is 0 Å². The van der Waals surface area contributed by atoms with E-state index in [-0.39, 0.29) is 0 Å². The minimum Gasteiger partial charge on any atom is -0.350 e. The minimum absolute atomic E-state index is 0.951. The molecule has 0 aliphatic heterocycles. The van der Waals surface area contributed by atoms with Crippen molar-refractivity contribution in [2.75, 3.05) is 6.54 Å². The quantitative estimate of drug-likeness (QED) is 0.725. The smallest absolute Gasteiger partial charge is 0.0489 e. The molecule has 0 saturated heterocycles. The summed E-state index contributed by atoms with van der Waals surface area (Å²) in [4.78, 5) is 0. The van der Waals surface area contributed by atoms with Crippen LogP contribution in [-0.2, 0) is 19.6 Å². The molecule has 98 valence electrons. The van der Waals surface area contributed by atoms with Crippen molar-refractivity contribution >= 4 is 0 Å². The van der Waals surface area contributed by atoms with Crippen LogP contribution >= 0.6 is 0 Å². The van der Waals surface area contributed by atoms with E-state index in [0.717, 1.165) is 32.6 Å². The van der Waals surface area contributed by atoms with Gasteiger partial charge in [-0.25, -0.2) is 0 Å². The Morgan fingerprint density at radius 1 is 1.22 bits per heavy atom. The van der Waals surface area contributed by atoms with Gasteiger partial charge in [0, 0.05) is 43.9 Å². The summed E-state index contributed by atoms with van der Waals surface area (Å²) in [6.45, 7) is 6.28. The Bertz CT molecular complexity index is 430. The molecule has 0 amide bonds. The van der Waals surface area contributed by atoms with Gasteiger partial charge in [-0.3, -0.25) is 4.68 Å². The topological polar surface area (TPSA) is 34.8 Å². The number of hydrogen-bond donors (Lipinski definition) is 1. The highest BCUT2D eigenvalue weighted by Gasteiger charge is 1.99. The summed E-state index contributed by atoms with van der Waals surface area (Å²) in [5.74, 6) is 0. The Balaban J connectivity index is 1.64. The van der Waals surface area contributed by atoms with E-state index < -0.39 is 0 Å². The molecule has 0 spiro atoms. The van der Waals surface area contributed by atoms with E-state index in [9.17, 15) is 0 Å². The van der Waals surface area contributed by atoms with Gasteiger partial charge in [-0.1, -0.05) is 6.92 Å². The first kappa shape index (κ1) is 12.9. The van der Waals surface area contributed by atoms with E-state index >= 15 is 0 Å². The molecule has 0 radical (unpaired) electrons. The zero-order valence-corrected chi connectivity index (χ0v) is 11.0. The molecule has 0 bridgehead atoms. The number of nitrogens with one attached hydrogen (secondary N) is 1. The molecule has 2 aromatic rings. The van der Waals surface area contributed by atoms with Gasteiger partial charge in [0.2, 0.25) is 0 Å². The van der Waals surface area contributed by atoms with Gasteiger partial charge in [0.15, 0.2) is 0 Å². The second-order valence-corrected chi connectivity index (χ2v) is 4.49. The molecule has 0 fully saturated rings. The highest BCUT2D eigenvalue weighted by atomic mass is 15.3. The highest BCUT2D eigenvalue weighted by molar-refractivity contribution is 5.06. The Morgan fingerprint density at radius 2 is 2.17 bits per heavy atom. The normalized spacial score (nSPS) is 10.9. The van der Waals surface area contributed by atoms with Crippen molar-refractivity contribution in [3.8, 4) is 0 Å². The van der Waals surface area contributed by atoms with E-state index in [1.54, 1.807) is 0 Å². The van der Waals surface area contributed by atoms with Crippen LogP contribution in [0.15, 0.2) is 36.8 Å². The van der Waals surface area contributed by atoms with Crippen LogP contribution in [-0.4, -0.2) is 20.9 Å². The molecule has 0 aliphatic rings. The molecule has 2 rings (SSSR count). The van der Waals surface area contributed by atoms with Crippen LogP contribution in [0.5, 0.6) is 0 Å². The summed E-state index contributed by atoms with van der Waals surface area (Å²) in [7, 11) is 0. The van der Waals surface area contributed by atoms with Crippen molar-refractivity contribution in [1.82, 2.24) is 19.7 Å². The molecular weight excluding hydrogens is 224 g/mol. The lowest BCUT2D eigenvalue weighted by Crippen LogP contribution is -2.18. The lowest BCUT2D eigenvalue weighted by Gasteiger charge is -2.09. The maximum Gasteiger partial charge on any atom is 0.0489 e. The largest absolute Gasteiger partial charge is 0.350 e. The van der Waals surface area contributed by atoms with Crippen LogP contribution in [0.3, 0.4) is 0 Å². The number of aromatic nitrogens is 3. The number of aryl methyl sites for hydroxylation is 2. The molecule has 0 aromatic carbocycles. The average Bonchev–Trinajstić information content (AvgIpc) is 3.01. The fourth-order valence-corrected chi connectivity index (χ4v) is 2.08. The van der Waals surface area contributed by atoms with Crippen LogP contribution in [0.25, 0.3) is 0 Å². The van der Waals surface area contributed by atoms with Crippen molar-refractivity contribution in [2.45, 2.75) is 39.4 Å². The summed E-state index contributed by atoms with van der Waals surface area (Å²) < 4.78 is 4.29. The third kappa shape index (κ3) is 3.74. The first-order valence-electron chi connectivity index (χ1n) is 6.72. The van der Waals surface area contributed by atoms with Crippen LogP contribution in [0.2, 0.25) is 0 Å². The third-order valence-electron chi connectivity index (χ3n) is 2.99. The Hall–Kier alpha value is -1.55. The monoisotopic (exact) mass is 246 g/mol. The minimum atomic E-state index is 0.951. The molecule has 4 nitrogen and oxygen atoms in total. The van der Waals surface area contributed by atoms with Crippen LogP contribution in [0.1, 0.15) is 25.5 Å². The SMILES string of the molecule is CCCn1cccc1CNCCCn1cccn1. The molecule has 2 heterocycles. The van der Waals surface area contributed by atoms with E-state index in [1.165, 1.54) is 12.1 Å². The Labute approximate surface area is 109 Å². The van der Waals surface area contributed by atoms with Crippen molar-refractivity contribution < 1.29 is 0 Å². The number of hydrogen-bond acceptors (Lipinski definition) is 2. The van der Waals surface area contributed by atoms with Gasteiger partial charge < -0.3 is 9.88 Å². The number of nitrogens with zero attached hydrogens (tertiary/aromatic N) is 3. The first-order chi connectivity index (χ1) is 8.90. The van der Waals surface area contributed by atoms with Crippen LogP contribution in [0, 0.1) is 0 Å². The van der Waals surface area contributed by atoms with Gasteiger partial charge in [-0.05, 0) is 37.6 Å². The predicted octanol–water partition coefficient (Wildman–Crippen LogP) is 2.27. The second kappa shape index (κ2) is 7.01. The second-order valence-electron chi connectivity index (χ2n) is 4.49.